The number of rotatable bonds is 2. The van der Waals surface area contributed by atoms with Crippen LogP contribution in [0.5, 0.6) is 0 Å². The van der Waals surface area contributed by atoms with Gasteiger partial charge in [-0.3, -0.25) is 4.90 Å². The number of hydrogen-bond acceptors (Lipinski definition) is 4. The van der Waals surface area contributed by atoms with Crippen molar-refractivity contribution in [2.75, 3.05) is 26.2 Å². The lowest BCUT2D eigenvalue weighted by molar-refractivity contribution is 0.306. The molecule has 2 aliphatic rings. The molecule has 1 aromatic heterocycles. The number of hydrogen-bond donors (Lipinski definition) is 2. The lowest BCUT2D eigenvalue weighted by Crippen LogP contribution is -2.25. The Balaban J connectivity index is 1.51. The van der Waals surface area contributed by atoms with E-state index in [0.29, 0.717) is 0 Å². The van der Waals surface area contributed by atoms with Crippen LogP contribution in [0, 0.1) is 11.8 Å². The zero-order chi connectivity index (χ0) is 11.9. The minimum atomic E-state index is 0.862. The Morgan fingerprint density at radius 3 is 2.72 bits per heavy atom. The quantitative estimate of drug-likeness (QED) is 0.811. The number of benzene rings is 1. The van der Waals surface area contributed by atoms with Crippen LogP contribution in [0.4, 0.5) is 0 Å². The summed E-state index contributed by atoms with van der Waals surface area (Å²) in [4.78, 5) is 2.57. The molecule has 18 heavy (non-hydrogen) atoms. The normalized spacial score (nSPS) is 28.0. The number of aromatic nitrogens is 3. The molecule has 5 nitrogen and oxygen atoms in total. The predicted octanol–water partition coefficient (Wildman–Crippen LogP) is 0.609. The molecule has 0 aliphatic carbocycles. The summed E-state index contributed by atoms with van der Waals surface area (Å²) in [5.41, 5.74) is 3.25. The van der Waals surface area contributed by atoms with E-state index in [9.17, 15) is 0 Å². The van der Waals surface area contributed by atoms with E-state index in [-0.39, 0.29) is 0 Å². The maximum absolute atomic E-state index is 4.15. The predicted molar refractivity (Wildman–Crippen MR) is 69.0 cm³/mol. The number of nitrogens with one attached hydrogen (secondary N) is 2. The fraction of sp³-hybridized carbons (Fsp3) is 0.538. The van der Waals surface area contributed by atoms with Gasteiger partial charge in [0.05, 0.1) is 0 Å². The van der Waals surface area contributed by atoms with Gasteiger partial charge in [-0.1, -0.05) is 6.07 Å². The molecule has 2 N–H and O–H groups in total. The fourth-order valence-electron chi connectivity index (χ4n) is 3.32. The fourth-order valence-corrected chi connectivity index (χ4v) is 3.32. The Kier molecular flexibility index (Phi) is 2.34. The Labute approximate surface area is 106 Å². The number of nitrogens with zero attached hydrogens (tertiary/aromatic N) is 3. The van der Waals surface area contributed by atoms with E-state index in [0.717, 1.165) is 29.4 Å². The molecule has 3 heterocycles. The first kappa shape index (κ1) is 10.5. The van der Waals surface area contributed by atoms with E-state index < -0.39 is 0 Å². The molecule has 1 aromatic carbocycles. The van der Waals surface area contributed by atoms with E-state index in [1.165, 1.54) is 31.7 Å². The third kappa shape index (κ3) is 1.71. The monoisotopic (exact) mass is 243 g/mol. The van der Waals surface area contributed by atoms with E-state index in [1.807, 2.05) is 6.07 Å². The third-order valence-electron chi connectivity index (χ3n) is 4.25. The zero-order valence-corrected chi connectivity index (χ0v) is 10.3. The van der Waals surface area contributed by atoms with Crippen LogP contribution in [-0.2, 0) is 6.54 Å². The van der Waals surface area contributed by atoms with Crippen molar-refractivity contribution in [3.05, 3.63) is 23.8 Å². The van der Waals surface area contributed by atoms with E-state index in [2.05, 4.69) is 37.8 Å². The minimum Gasteiger partial charge on any atom is -0.316 e. The van der Waals surface area contributed by atoms with Gasteiger partial charge in [0.25, 0.3) is 0 Å². The molecular weight excluding hydrogens is 226 g/mol. The summed E-state index contributed by atoms with van der Waals surface area (Å²) in [6.07, 6.45) is 0. The van der Waals surface area contributed by atoms with E-state index in [4.69, 9.17) is 0 Å². The van der Waals surface area contributed by atoms with Crippen molar-refractivity contribution in [1.29, 1.82) is 0 Å². The van der Waals surface area contributed by atoms with Crippen LogP contribution in [0.2, 0.25) is 0 Å². The topological polar surface area (TPSA) is 56.8 Å². The molecule has 4 rings (SSSR count). The van der Waals surface area contributed by atoms with Gasteiger partial charge < -0.3 is 5.32 Å². The van der Waals surface area contributed by atoms with Gasteiger partial charge in [0.1, 0.15) is 11.0 Å². The number of fused-ring (bicyclic) bond motifs is 2. The molecule has 0 unspecified atom stereocenters. The third-order valence-corrected chi connectivity index (χ3v) is 4.25. The summed E-state index contributed by atoms with van der Waals surface area (Å²) >= 11 is 0. The summed E-state index contributed by atoms with van der Waals surface area (Å²) in [6.45, 7) is 5.89. The second kappa shape index (κ2) is 4.03. The smallest absolute Gasteiger partial charge is 0.113 e. The summed E-state index contributed by atoms with van der Waals surface area (Å²) in [5.74, 6) is 1.72. The number of aromatic amines is 1. The highest BCUT2D eigenvalue weighted by Gasteiger charge is 2.35. The summed E-state index contributed by atoms with van der Waals surface area (Å²) < 4.78 is 0. The maximum Gasteiger partial charge on any atom is 0.113 e. The van der Waals surface area contributed by atoms with Gasteiger partial charge in [0.2, 0.25) is 0 Å². The van der Waals surface area contributed by atoms with Crippen molar-refractivity contribution < 1.29 is 0 Å². The van der Waals surface area contributed by atoms with Gasteiger partial charge in [-0.2, -0.15) is 15.4 Å². The molecule has 0 amide bonds. The highest BCUT2D eigenvalue weighted by molar-refractivity contribution is 5.74. The van der Waals surface area contributed by atoms with E-state index >= 15 is 0 Å². The molecule has 0 saturated carbocycles. The highest BCUT2D eigenvalue weighted by Crippen LogP contribution is 2.27. The van der Waals surface area contributed by atoms with Crippen molar-refractivity contribution in [3.8, 4) is 0 Å². The molecule has 2 aliphatic heterocycles. The summed E-state index contributed by atoms with van der Waals surface area (Å²) in [5, 5.41) is 14.4. The van der Waals surface area contributed by atoms with Crippen molar-refractivity contribution in [1.82, 2.24) is 25.6 Å². The molecule has 0 spiro atoms. The average molecular weight is 243 g/mol. The number of likely N-dealkylation sites (tertiary alicyclic amines) is 1. The minimum absolute atomic E-state index is 0.862. The molecule has 0 bridgehead atoms. The van der Waals surface area contributed by atoms with Gasteiger partial charge in [-0.15, -0.1) is 0 Å². The molecule has 2 fully saturated rings. The molecule has 2 aromatic rings. The lowest BCUT2D eigenvalue weighted by Gasteiger charge is -2.16. The maximum atomic E-state index is 4.15. The van der Waals surface area contributed by atoms with Gasteiger partial charge in [-0.25, -0.2) is 0 Å². The van der Waals surface area contributed by atoms with Gasteiger partial charge in [0, 0.05) is 19.6 Å². The molecule has 0 radical (unpaired) electrons. The van der Waals surface area contributed by atoms with Crippen LogP contribution in [0.1, 0.15) is 5.56 Å². The van der Waals surface area contributed by atoms with Crippen molar-refractivity contribution in [3.63, 3.8) is 0 Å². The summed E-state index contributed by atoms with van der Waals surface area (Å²) in [7, 11) is 0. The first-order valence-electron chi connectivity index (χ1n) is 6.61. The Hall–Kier alpha value is -1.46. The molecular formula is C13H17N5. The van der Waals surface area contributed by atoms with Crippen LogP contribution < -0.4 is 5.32 Å². The highest BCUT2D eigenvalue weighted by atomic mass is 15.3. The SMILES string of the molecule is c1cc2n[nH]nc2cc1CN1C[C@H]2CNC[C@@H]2C1. The average Bonchev–Trinajstić information content (AvgIpc) is 3.02. The second-order valence-corrected chi connectivity index (χ2v) is 5.52. The van der Waals surface area contributed by atoms with Crippen LogP contribution in [0.3, 0.4) is 0 Å². The van der Waals surface area contributed by atoms with Crippen LogP contribution in [-0.4, -0.2) is 46.5 Å². The Morgan fingerprint density at radius 2 is 1.89 bits per heavy atom. The Bertz CT molecular complexity index is 551. The van der Waals surface area contributed by atoms with Gasteiger partial charge >= 0.3 is 0 Å². The molecule has 5 heteroatoms. The van der Waals surface area contributed by atoms with Crippen LogP contribution in [0.25, 0.3) is 11.0 Å². The molecule has 94 valence electrons. The first-order valence-corrected chi connectivity index (χ1v) is 6.61. The summed E-state index contributed by atoms with van der Waals surface area (Å²) in [6, 6.07) is 6.36. The lowest BCUT2D eigenvalue weighted by atomic mass is 10.0. The Morgan fingerprint density at radius 1 is 1.11 bits per heavy atom. The van der Waals surface area contributed by atoms with Gasteiger partial charge in [0.15, 0.2) is 0 Å². The number of H-pyrrole nitrogens is 1. The van der Waals surface area contributed by atoms with Crippen LogP contribution >= 0.6 is 0 Å². The van der Waals surface area contributed by atoms with Crippen molar-refractivity contribution >= 4 is 11.0 Å². The first-order chi connectivity index (χ1) is 8.88. The van der Waals surface area contributed by atoms with Crippen LogP contribution in [0.15, 0.2) is 18.2 Å². The van der Waals surface area contributed by atoms with E-state index in [1.54, 1.807) is 0 Å². The largest absolute Gasteiger partial charge is 0.316 e. The van der Waals surface area contributed by atoms with Gasteiger partial charge in [-0.05, 0) is 42.6 Å². The zero-order valence-electron chi connectivity index (χ0n) is 10.3. The molecule has 2 atom stereocenters. The van der Waals surface area contributed by atoms with Crippen molar-refractivity contribution in [2.45, 2.75) is 6.54 Å². The standard InChI is InChI=1S/C13H17N5/c1-2-12-13(16-17-15-12)3-9(1)6-18-7-10-4-14-5-11(10)8-18/h1-3,10-11,14H,4-8H2,(H,15,16,17)/t10-,11-/m1/s1. The van der Waals surface area contributed by atoms with Crippen molar-refractivity contribution in [2.24, 2.45) is 11.8 Å². The second-order valence-electron chi connectivity index (χ2n) is 5.52. The molecule has 2 saturated heterocycles.